The van der Waals surface area contributed by atoms with Crippen molar-refractivity contribution in [1.29, 1.82) is 0 Å². The maximum atomic E-state index is 14.0. The van der Waals surface area contributed by atoms with E-state index >= 15 is 0 Å². The van der Waals surface area contributed by atoms with Gasteiger partial charge in [0.15, 0.2) is 0 Å². The van der Waals surface area contributed by atoms with Crippen LogP contribution < -0.4 is 4.90 Å². The van der Waals surface area contributed by atoms with Crippen molar-refractivity contribution in [3.63, 3.8) is 0 Å². The molecule has 1 aromatic carbocycles. The Labute approximate surface area is 169 Å². The number of anilines is 1. The summed E-state index contributed by atoms with van der Waals surface area (Å²) in [5.41, 5.74) is 1.80. The first-order valence-electron chi connectivity index (χ1n) is 10.1. The number of aryl methyl sites for hydroxylation is 1. The van der Waals surface area contributed by atoms with Gasteiger partial charge in [-0.15, -0.1) is 0 Å². The van der Waals surface area contributed by atoms with Gasteiger partial charge in [-0.25, -0.2) is 14.4 Å². The highest BCUT2D eigenvalue weighted by molar-refractivity contribution is 5.88. The minimum absolute atomic E-state index is 0.0961. The molecular formula is C22H24FN5O. The SMILES string of the molecule is CCC(=O)N1C[C@@H]2CN(c3ncnc4c3ccn4C)C[C@@H]2[C@H]1c1cccc(F)c1. The number of nitrogens with zero attached hydrogens (tertiary/aromatic N) is 5. The van der Waals surface area contributed by atoms with Gasteiger partial charge >= 0.3 is 0 Å². The van der Waals surface area contributed by atoms with Crippen LogP contribution in [0.1, 0.15) is 24.9 Å². The smallest absolute Gasteiger partial charge is 0.222 e. The van der Waals surface area contributed by atoms with Gasteiger partial charge in [0.25, 0.3) is 0 Å². The summed E-state index contributed by atoms with van der Waals surface area (Å²) in [6, 6.07) is 8.66. The second-order valence-electron chi connectivity index (χ2n) is 8.09. The molecule has 2 aromatic heterocycles. The van der Waals surface area contributed by atoms with Crippen LogP contribution in [-0.4, -0.2) is 45.0 Å². The lowest BCUT2D eigenvalue weighted by Crippen LogP contribution is -2.35. The summed E-state index contributed by atoms with van der Waals surface area (Å²) >= 11 is 0. The second-order valence-corrected chi connectivity index (χ2v) is 8.09. The van der Waals surface area contributed by atoms with Gasteiger partial charge in [-0.1, -0.05) is 19.1 Å². The molecule has 5 rings (SSSR count). The Bertz CT molecular complexity index is 1080. The van der Waals surface area contributed by atoms with Crippen LogP contribution in [0.4, 0.5) is 10.2 Å². The fourth-order valence-corrected chi connectivity index (χ4v) is 5.11. The number of likely N-dealkylation sites (tertiary alicyclic amines) is 1. The molecule has 2 saturated heterocycles. The molecule has 150 valence electrons. The molecule has 0 aliphatic carbocycles. The molecule has 0 bridgehead atoms. The molecule has 6 nitrogen and oxygen atoms in total. The number of benzene rings is 1. The number of fused-ring (bicyclic) bond motifs is 2. The monoisotopic (exact) mass is 393 g/mol. The first-order chi connectivity index (χ1) is 14.1. The van der Waals surface area contributed by atoms with Crippen LogP contribution in [0.25, 0.3) is 11.0 Å². The predicted octanol–water partition coefficient (Wildman–Crippen LogP) is 3.15. The number of halogens is 1. The summed E-state index contributed by atoms with van der Waals surface area (Å²) in [7, 11) is 1.98. The van der Waals surface area contributed by atoms with E-state index in [-0.39, 0.29) is 23.7 Å². The number of carbonyl (C=O) groups is 1. The van der Waals surface area contributed by atoms with Crippen molar-refractivity contribution in [1.82, 2.24) is 19.4 Å². The molecule has 1 amide bonds. The Morgan fingerprint density at radius 2 is 2.07 bits per heavy atom. The molecular weight excluding hydrogens is 369 g/mol. The van der Waals surface area contributed by atoms with E-state index in [9.17, 15) is 9.18 Å². The fraction of sp³-hybridized carbons (Fsp3) is 0.409. The second kappa shape index (κ2) is 6.83. The van der Waals surface area contributed by atoms with Crippen LogP contribution >= 0.6 is 0 Å². The van der Waals surface area contributed by atoms with Crippen LogP contribution in [0.3, 0.4) is 0 Å². The topological polar surface area (TPSA) is 54.3 Å². The Kier molecular flexibility index (Phi) is 4.26. The first-order valence-corrected chi connectivity index (χ1v) is 10.1. The fourth-order valence-electron chi connectivity index (χ4n) is 5.11. The summed E-state index contributed by atoms with van der Waals surface area (Å²) in [6.45, 7) is 4.22. The molecule has 3 aromatic rings. The van der Waals surface area contributed by atoms with Crippen molar-refractivity contribution in [3.05, 3.63) is 54.2 Å². The average Bonchev–Trinajstić information content (AvgIpc) is 3.40. The average molecular weight is 393 g/mol. The summed E-state index contributed by atoms with van der Waals surface area (Å²) in [6.07, 6.45) is 4.07. The van der Waals surface area contributed by atoms with Gasteiger partial charge < -0.3 is 14.4 Å². The van der Waals surface area contributed by atoms with Gasteiger partial charge in [-0.2, -0.15) is 0 Å². The zero-order valence-corrected chi connectivity index (χ0v) is 16.6. The first kappa shape index (κ1) is 18.1. The van der Waals surface area contributed by atoms with Crippen molar-refractivity contribution in [2.45, 2.75) is 19.4 Å². The molecule has 0 spiro atoms. The van der Waals surface area contributed by atoms with Crippen molar-refractivity contribution in [2.24, 2.45) is 18.9 Å². The van der Waals surface area contributed by atoms with Gasteiger partial charge in [0.2, 0.25) is 5.91 Å². The number of aromatic nitrogens is 3. The minimum Gasteiger partial charge on any atom is -0.355 e. The lowest BCUT2D eigenvalue weighted by atomic mass is 9.89. The van der Waals surface area contributed by atoms with E-state index in [2.05, 4.69) is 20.9 Å². The van der Waals surface area contributed by atoms with Gasteiger partial charge in [-0.3, -0.25) is 4.79 Å². The van der Waals surface area contributed by atoms with E-state index in [0.717, 1.165) is 35.5 Å². The van der Waals surface area contributed by atoms with Crippen molar-refractivity contribution in [2.75, 3.05) is 24.5 Å². The van der Waals surface area contributed by atoms with E-state index in [1.807, 2.05) is 35.7 Å². The van der Waals surface area contributed by atoms with Gasteiger partial charge in [0.1, 0.15) is 23.6 Å². The van der Waals surface area contributed by atoms with E-state index in [4.69, 9.17) is 0 Å². The van der Waals surface area contributed by atoms with Crippen molar-refractivity contribution < 1.29 is 9.18 Å². The Hall–Kier alpha value is -2.96. The highest BCUT2D eigenvalue weighted by Crippen LogP contribution is 2.46. The van der Waals surface area contributed by atoms with Gasteiger partial charge in [0, 0.05) is 51.1 Å². The number of carbonyl (C=O) groups excluding carboxylic acids is 1. The van der Waals surface area contributed by atoms with Crippen LogP contribution in [0.5, 0.6) is 0 Å². The molecule has 2 aliphatic rings. The summed E-state index contributed by atoms with van der Waals surface area (Å²) < 4.78 is 16.0. The number of hydrogen-bond donors (Lipinski definition) is 0. The summed E-state index contributed by atoms with van der Waals surface area (Å²) in [4.78, 5) is 25.9. The predicted molar refractivity (Wildman–Crippen MR) is 109 cm³/mol. The molecule has 2 fully saturated rings. The van der Waals surface area contributed by atoms with E-state index in [1.165, 1.54) is 6.07 Å². The largest absolute Gasteiger partial charge is 0.355 e. The standard InChI is InChI=1S/C22H24FN5O/c1-3-19(29)28-11-15-10-27(22-17-7-8-26(2)21(17)24-13-25-22)12-18(15)20(28)14-5-4-6-16(23)9-14/h4-9,13,15,18,20H,3,10-12H2,1-2H3/t15-,18-,20+/m0/s1. The van der Waals surface area contributed by atoms with E-state index < -0.39 is 0 Å². The Balaban J connectivity index is 1.50. The number of amides is 1. The number of rotatable bonds is 3. The Morgan fingerprint density at radius 1 is 1.21 bits per heavy atom. The van der Waals surface area contributed by atoms with Crippen LogP contribution in [0.15, 0.2) is 42.9 Å². The lowest BCUT2D eigenvalue weighted by Gasteiger charge is -2.30. The quantitative estimate of drug-likeness (QED) is 0.686. The third kappa shape index (κ3) is 2.87. The molecule has 7 heteroatoms. The molecule has 29 heavy (non-hydrogen) atoms. The van der Waals surface area contributed by atoms with Crippen LogP contribution in [0, 0.1) is 17.7 Å². The maximum absolute atomic E-state index is 14.0. The minimum atomic E-state index is -0.258. The molecule has 2 aliphatic heterocycles. The molecule has 0 radical (unpaired) electrons. The highest BCUT2D eigenvalue weighted by Gasteiger charge is 2.49. The maximum Gasteiger partial charge on any atom is 0.222 e. The molecule has 0 saturated carbocycles. The van der Waals surface area contributed by atoms with E-state index in [0.29, 0.717) is 18.9 Å². The number of hydrogen-bond acceptors (Lipinski definition) is 4. The highest BCUT2D eigenvalue weighted by atomic mass is 19.1. The zero-order chi connectivity index (χ0) is 20.1. The molecule has 0 N–H and O–H groups in total. The summed E-state index contributed by atoms with van der Waals surface area (Å²) in [5, 5.41) is 1.04. The molecule has 0 unspecified atom stereocenters. The van der Waals surface area contributed by atoms with Crippen molar-refractivity contribution in [3.8, 4) is 0 Å². The lowest BCUT2D eigenvalue weighted by molar-refractivity contribution is -0.132. The summed E-state index contributed by atoms with van der Waals surface area (Å²) in [5.74, 6) is 1.41. The van der Waals surface area contributed by atoms with Crippen molar-refractivity contribution >= 4 is 22.8 Å². The normalized spacial score (nSPS) is 23.8. The van der Waals surface area contributed by atoms with Crippen LogP contribution in [-0.2, 0) is 11.8 Å². The van der Waals surface area contributed by atoms with Gasteiger partial charge in [0.05, 0.1) is 11.4 Å². The van der Waals surface area contributed by atoms with E-state index in [1.54, 1.807) is 18.5 Å². The molecule has 3 atom stereocenters. The third-order valence-corrected chi connectivity index (χ3v) is 6.42. The Morgan fingerprint density at radius 3 is 2.86 bits per heavy atom. The van der Waals surface area contributed by atoms with Crippen LogP contribution in [0.2, 0.25) is 0 Å². The third-order valence-electron chi connectivity index (χ3n) is 6.42. The van der Waals surface area contributed by atoms with Gasteiger partial charge in [-0.05, 0) is 23.8 Å². The zero-order valence-electron chi connectivity index (χ0n) is 16.6. The molecule has 4 heterocycles.